The second kappa shape index (κ2) is 10.6. The van der Waals surface area contributed by atoms with Gasteiger partial charge in [0.05, 0.1) is 12.2 Å². The molecule has 2 N–H and O–H groups in total. The summed E-state index contributed by atoms with van der Waals surface area (Å²) in [5.41, 5.74) is 3.85. The number of aryl methyl sites for hydroxylation is 3. The van der Waals surface area contributed by atoms with Crippen LogP contribution >= 0.6 is 22.9 Å². The highest BCUT2D eigenvalue weighted by molar-refractivity contribution is 7.17. The summed E-state index contributed by atoms with van der Waals surface area (Å²) in [4.78, 5) is 41.9. The Hall–Kier alpha value is -3.23. The number of nitrogens with one attached hydrogen (secondary N) is 2. The zero-order valence-electron chi connectivity index (χ0n) is 18.7. The Labute approximate surface area is 201 Å². The molecule has 9 heteroatoms. The number of rotatable bonds is 7. The molecule has 33 heavy (non-hydrogen) atoms. The summed E-state index contributed by atoms with van der Waals surface area (Å²) in [6, 6.07) is 12.8. The summed E-state index contributed by atoms with van der Waals surface area (Å²) in [5.74, 6) is -1.60. The van der Waals surface area contributed by atoms with Crippen LogP contribution in [0.3, 0.4) is 0 Å². The van der Waals surface area contributed by atoms with Crippen molar-refractivity contribution in [1.82, 2.24) is 10.3 Å². The molecule has 0 spiro atoms. The summed E-state index contributed by atoms with van der Waals surface area (Å²) in [6.45, 7) is 6.69. The molecule has 1 atom stereocenters. The highest BCUT2D eigenvalue weighted by Crippen LogP contribution is 2.30. The molecule has 3 rings (SSSR count). The maximum atomic E-state index is 12.6. The fourth-order valence-electron chi connectivity index (χ4n) is 3.10. The van der Waals surface area contributed by atoms with Gasteiger partial charge in [-0.3, -0.25) is 9.59 Å². The van der Waals surface area contributed by atoms with Gasteiger partial charge in [-0.1, -0.05) is 41.9 Å². The number of esters is 1. The molecule has 7 nitrogen and oxygen atoms in total. The number of thiazole rings is 1. The molecule has 0 fully saturated rings. The fraction of sp³-hybridized carbons (Fsp3) is 0.250. The molecule has 2 aromatic carbocycles. The molecule has 0 saturated carbocycles. The second-order valence-electron chi connectivity index (χ2n) is 7.52. The summed E-state index contributed by atoms with van der Waals surface area (Å²) < 4.78 is 5.30. The normalized spacial score (nSPS) is 11.5. The monoisotopic (exact) mass is 485 g/mol. The molecule has 0 aliphatic rings. The summed E-state index contributed by atoms with van der Waals surface area (Å²) in [6.07, 6.45) is -1.08. The molecule has 172 valence electrons. The largest absolute Gasteiger partial charge is 0.448 e. The van der Waals surface area contributed by atoms with Gasteiger partial charge in [-0.25, -0.2) is 9.78 Å². The lowest BCUT2D eigenvalue weighted by Gasteiger charge is -2.14. The minimum Gasteiger partial charge on any atom is -0.448 e. The zero-order valence-corrected chi connectivity index (χ0v) is 20.3. The van der Waals surface area contributed by atoms with Gasteiger partial charge in [-0.05, 0) is 51.0 Å². The van der Waals surface area contributed by atoms with Gasteiger partial charge in [-0.2, -0.15) is 0 Å². The second-order valence-corrected chi connectivity index (χ2v) is 8.96. The van der Waals surface area contributed by atoms with E-state index in [4.69, 9.17) is 16.3 Å². The first kappa shape index (κ1) is 24.4. The molecule has 0 aliphatic heterocycles. The smallest absolute Gasteiger partial charge is 0.351 e. The molecule has 0 aliphatic carbocycles. The number of halogens is 1. The molecule has 1 unspecified atom stereocenters. The van der Waals surface area contributed by atoms with Crippen molar-refractivity contribution < 1.29 is 19.1 Å². The summed E-state index contributed by atoms with van der Waals surface area (Å²) in [7, 11) is 0. The molecule has 0 bridgehead atoms. The molecule has 3 aromatic rings. The van der Waals surface area contributed by atoms with Crippen molar-refractivity contribution in [2.75, 3.05) is 11.9 Å². The van der Waals surface area contributed by atoms with E-state index in [1.165, 1.54) is 18.3 Å². The topological polar surface area (TPSA) is 97.4 Å². The maximum Gasteiger partial charge on any atom is 0.351 e. The van der Waals surface area contributed by atoms with E-state index in [2.05, 4.69) is 15.6 Å². The predicted molar refractivity (Wildman–Crippen MR) is 130 cm³/mol. The van der Waals surface area contributed by atoms with Crippen LogP contribution in [0.1, 0.15) is 33.4 Å². The summed E-state index contributed by atoms with van der Waals surface area (Å²) in [5, 5.41) is 6.48. The number of para-hydroxylation sites is 1. The average molecular weight is 486 g/mol. The van der Waals surface area contributed by atoms with E-state index in [1.807, 2.05) is 38.1 Å². The van der Waals surface area contributed by atoms with Crippen molar-refractivity contribution in [3.05, 3.63) is 69.2 Å². The van der Waals surface area contributed by atoms with Crippen molar-refractivity contribution in [1.29, 1.82) is 0 Å². The number of carbonyl (C=O) groups is 3. The summed E-state index contributed by atoms with van der Waals surface area (Å²) >= 11 is 7.20. The van der Waals surface area contributed by atoms with Gasteiger partial charge in [0.1, 0.15) is 9.88 Å². The molecule has 1 heterocycles. The van der Waals surface area contributed by atoms with Gasteiger partial charge >= 0.3 is 5.97 Å². The van der Waals surface area contributed by atoms with Gasteiger partial charge in [-0.15, -0.1) is 11.3 Å². The lowest BCUT2D eigenvalue weighted by Crippen LogP contribution is -2.40. The highest BCUT2D eigenvalue weighted by atomic mass is 35.5. The van der Waals surface area contributed by atoms with E-state index >= 15 is 0 Å². The van der Waals surface area contributed by atoms with E-state index < -0.39 is 18.0 Å². The molecule has 1 aromatic heterocycles. The maximum absolute atomic E-state index is 12.6. The number of carbonyl (C=O) groups excluding carboxylic acids is 3. The van der Waals surface area contributed by atoms with Crippen LogP contribution in [-0.4, -0.2) is 35.4 Å². The van der Waals surface area contributed by atoms with Crippen LogP contribution in [0, 0.1) is 20.8 Å². The zero-order chi connectivity index (χ0) is 24.1. The minimum atomic E-state index is -1.08. The number of hydrogen-bond donors (Lipinski definition) is 2. The molecular weight excluding hydrogens is 462 g/mol. The van der Waals surface area contributed by atoms with Gasteiger partial charge < -0.3 is 15.4 Å². The first-order valence-electron chi connectivity index (χ1n) is 10.2. The number of amides is 2. The number of benzene rings is 2. The van der Waals surface area contributed by atoms with Gasteiger partial charge in [0.2, 0.25) is 5.91 Å². The number of aromatic nitrogens is 1. The first-order valence-corrected chi connectivity index (χ1v) is 11.4. The van der Waals surface area contributed by atoms with E-state index in [9.17, 15) is 14.4 Å². The Morgan fingerprint density at radius 1 is 1.09 bits per heavy atom. The van der Waals surface area contributed by atoms with Crippen LogP contribution in [-0.2, 0) is 14.3 Å². The third kappa shape index (κ3) is 6.18. The first-order chi connectivity index (χ1) is 15.7. The highest BCUT2D eigenvalue weighted by Gasteiger charge is 2.23. The van der Waals surface area contributed by atoms with Crippen LogP contribution < -0.4 is 10.6 Å². The molecular formula is C24H24ClN3O4S. The van der Waals surface area contributed by atoms with Crippen molar-refractivity contribution in [2.45, 2.75) is 33.8 Å². The van der Waals surface area contributed by atoms with E-state index in [0.717, 1.165) is 16.7 Å². The Kier molecular flexibility index (Phi) is 7.84. The van der Waals surface area contributed by atoms with Crippen LogP contribution in [0.25, 0.3) is 10.6 Å². The van der Waals surface area contributed by atoms with E-state index in [1.54, 1.807) is 25.1 Å². The van der Waals surface area contributed by atoms with Gasteiger partial charge in [0, 0.05) is 16.3 Å². The van der Waals surface area contributed by atoms with Crippen molar-refractivity contribution >= 4 is 46.4 Å². The third-order valence-electron chi connectivity index (χ3n) is 4.88. The van der Waals surface area contributed by atoms with Crippen molar-refractivity contribution in [3.63, 3.8) is 0 Å². The Bertz CT molecular complexity index is 1190. The van der Waals surface area contributed by atoms with Crippen LogP contribution in [0.15, 0.2) is 42.5 Å². The standard InChI is InChI=1S/C24H24ClN3O4S/c1-13-7-5-8-14(2)20(13)28-19(29)12-26-22(30)16(4)32-24(31)21-15(3)27-23(33-21)17-9-6-10-18(25)11-17/h5-11,16H,12H2,1-4H3,(H,26,30)(H,28,29). The fourth-order valence-corrected chi connectivity index (χ4v) is 4.24. The molecule has 0 saturated heterocycles. The van der Waals surface area contributed by atoms with Crippen LogP contribution in [0.2, 0.25) is 5.02 Å². The van der Waals surface area contributed by atoms with E-state index in [0.29, 0.717) is 26.3 Å². The number of nitrogens with zero attached hydrogens (tertiary/aromatic N) is 1. The average Bonchev–Trinajstić information content (AvgIpc) is 3.16. The number of hydrogen-bond acceptors (Lipinski definition) is 6. The Morgan fingerprint density at radius 2 is 1.76 bits per heavy atom. The Balaban J connectivity index is 1.56. The van der Waals surface area contributed by atoms with Crippen molar-refractivity contribution in [3.8, 4) is 10.6 Å². The van der Waals surface area contributed by atoms with Gasteiger partial charge in [0.15, 0.2) is 6.10 Å². The predicted octanol–water partition coefficient (Wildman–Crippen LogP) is 4.69. The van der Waals surface area contributed by atoms with E-state index in [-0.39, 0.29) is 12.5 Å². The lowest BCUT2D eigenvalue weighted by molar-refractivity contribution is -0.130. The SMILES string of the molecule is Cc1cccc(C)c1NC(=O)CNC(=O)C(C)OC(=O)c1sc(-c2cccc(Cl)c2)nc1C. The molecule has 2 amide bonds. The van der Waals surface area contributed by atoms with Crippen LogP contribution in [0.5, 0.6) is 0 Å². The molecule has 0 radical (unpaired) electrons. The van der Waals surface area contributed by atoms with Crippen molar-refractivity contribution in [2.24, 2.45) is 0 Å². The minimum absolute atomic E-state index is 0.243. The Morgan fingerprint density at radius 3 is 2.42 bits per heavy atom. The number of ether oxygens (including phenoxy) is 1. The third-order valence-corrected chi connectivity index (χ3v) is 6.30. The lowest BCUT2D eigenvalue weighted by atomic mass is 10.1. The van der Waals surface area contributed by atoms with Gasteiger partial charge in [0.25, 0.3) is 5.91 Å². The quantitative estimate of drug-likeness (QED) is 0.473. The number of anilines is 1. The van der Waals surface area contributed by atoms with Crippen LogP contribution in [0.4, 0.5) is 5.69 Å².